The zero-order valence-electron chi connectivity index (χ0n) is 9.98. The minimum Gasteiger partial charge on any atom is -0.487 e. The fourth-order valence-corrected chi connectivity index (χ4v) is 2.16. The summed E-state index contributed by atoms with van der Waals surface area (Å²) in [6.07, 6.45) is -4.59. The molecule has 0 fully saturated rings. The molecule has 0 saturated heterocycles. The SMILES string of the molecule is O=C(O)c1cc(C(F)(F)F)ccc1OCc1cccs1. The number of carboxylic acid groups (broad SMARTS) is 1. The van der Waals surface area contributed by atoms with Crippen LogP contribution >= 0.6 is 11.3 Å². The number of carboxylic acids is 1. The molecule has 0 aliphatic heterocycles. The number of hydrogen-bond donors (Lipinski definition) is 1. The Morgan fingerprint density at radius 1 is 1.30 bits per heavy atom. The number of benzene rings is 1. The Bertz CT molecular complexity index is 606. The molecular weight excluding hydrogens is 293 g/mol. The lowest BCUT2D eigenvalue weighted by Gasteiger charge is -2.12. The second kappa shape index (κ2) is 5.54. The van der Waals surface area contributed by atoms with E-state index in [2.05, 4.69) is 0 Å². The molecule has 1 heterocycles. The van der Waals surface area contributed by atoms with Gasteiger partial charge in [0.15, 0.2) is 0 Å². The van der Waals surface area contributed by atoms with Crippen molar-refractivity contribution in [2.45, 2.75) is 12.8 Å². The lowest BCUT2D eigenvalue weighted by molar-refractivity contribution is -0.137. The van der Waals surface area contributed by atoms with Crippen molar-refractivity contribution in [1.29, 1.82) is 0 Å². The Labute approximate surface area is 116 Å². The molecule has 2 aromatic rings. The van der Waals surface area contributed by atoms with Gasteiger partial charge in [0.2, 0.25) is 0 Å². The highest BCUT2D eigenvalue weighted by atomic mass is 32.1. The average Bonchev–Trinajstić information content (AvgIpc) is 2.88. The van der Waals surface area contributed by atoms with Crippen molar-refractivity contribution in [3.05, 3.63) is 51.7 Å². The largest absolute Gasteiger partial charge is 0.487 e. The fraction of sp³-hybridized carbons (Fsp3) is 0.154. The molecule has 0 radical (unpaired) electrons. The van der Waals surface area contributed by atoms with Gasteiger partial charge in [-0.1, -0.05) is 6.07 Å². The first kappa shape index (κ1) is 14.4. The number of aromatic carboxylic acids is 1. The Morgan fingerprint density at radius 2 is 2.05 bits per heavy atom. The Hall–Kier alpha value is -2.02. The van der Waals surface area contributed by atoms with Crippen LogP contribution in [0.4, 0.5) is 13.2 Å². The van der Waals surface area contributed by atoms with E-state index in [1.54, 1.807) is 12.1 Å². The summed E-state index contributed by atoms with van der Waals surface area (Å²) >= 11 is 1.41. The van der Waals surface area contributed by atoms with E-state index in [0.717, 1.165) is 17.0 Å². The van der Waals surface area contributed by atoms with Crippen molar-refractivity contribution in [1.82, 2.24) is 0 Å². The number of alkyl halides is 3. The quantitative estimate of drug-likeness (QED) is 0.927. The summed E-state index contributed by atoms with van der Waals surface area (Å²) in [7, 11) is 0. The van der Waals surface area contributed by atoms with Crippen molar-refractivity contribution in [2.75, 3.05) is 0 Å². The first-order valence-corrected chi connectivity index (χ1v) is 6.35. The molecule has 1 aromatic carbocycles. The predicted octanol–water partition coefficient (Wildman–Crippen LogP) is 4.04. The van der Waals surface area contributed by atoms with Crippen molar-refractivity contribution in [2.24, 2.45) is 0 Å². The van der Waals surface area contributed by atoms with Gasteiger partial charge in [-0.3, -0.25) is 0 Å². The van der Waals surface area contributed by atoms with E-state index in [1.807, 2.05) is 5.38 Å². The van der Waals surface area contributed by atoms with Gasteiger partial charge in [0.25, 0.3) is 0 Å². The van der Waals surface area contributed by atoms with E-state index in [0.29, 0.717) is 6.07 Å². The average molecular weight is 302 g/mol. The highest BCUT2D eigenvalue weighted by Gasteiger charge is 2.32. The Balaban J connectivity index is 2.26. The molecule has 0 unspecified atom stereocenters. The molecule has 7 heteroatoms. The Kier molecular flexibility index (Phi) is 3.99. The van der Waals surface area contributed by atoms with E-state index in [4.69, 9.17) is 9.84 Å². The first-order chi connectivity index (χ1) is 9.38. The van der Waals surface area contributed by atoms with Gasteiger partial charge in [0.1, 0.15) is 17.9 Å². The molecular formula is C13H9F3O3S. The molecule has 3 nitrogen and oxygen atoms in total. The highest BCUT2D eigenvalue weighted by molar-refractivity contribution is 7.09. The van der Waals surface area contributed by atoms with Gasteiger partial charge < -0.3 is 9.84 Å². The van der Waals surface area contributed by atoms with Gasteiger partial charge in [0, 0.05) is 4.88 Å². The second-order valence-corrected chi connectivity index (χ2v) is 4.91. The van der Waals surface area contributed by atoms with Crippen LogP contribution in [0.5, 0.6) is 5.75 Å². The maximum Gasteiger partial charge on any atom is 0.416 e. The minimum absolute atomic E-state index is 0.0844. The van der Waals surface area contributed by atoms with E-state index >= 15 is 0 Å². The van der Waals surface area contributed by atoms with Crippen LogP contribution in [0.1, 0.15) is 20.8 Å². The van der Waals surface area contributed by atoms with Crippen molar-refractivity contribution in [3.8, 4) is 5.75 Å². The summed E-state index contributed by atoms with van der Waals surface area (Å²) in [5.74, 6) is -1.55. The smallest absolute Gasteiger partial charge is 0.416 e. The van der Waals surface area contributed by atoms with Crippen molar-refractivity contribution < 1.29 is 27.8 Å². The first-order valence-electron chi connectivity index (χ1n) is 5.47. The van der Waals surface area contributed by atoms with Crippen LogP contribution in [0.3, 0.4) is 0 Å². The highest BCUT2D eigenvalue weighted by Crippen LogP contribution is 2.33. The summed E-state index contributed by atoms with van der Waals surface area (Å²) in [6, 6.07) is 5.99. The van der Waals surface area contributed by atoms with Crippen molar-refractivity contribution >= 4 is 17.3 Å². The number of rotatable bonds is 4. The molecule has 0 bridgehead atoms. The maximum absolute atomic E-state index is 12.5. The van der Waals surface area contributed by atoms with E-state index < -0.39 is 23.3 Å². The molecule has 1 N–H and O–H groups in total. The van der Waals surface area contributed by atoms with Crippen LogP contribution < -0.4 is 4.74 Å². The number of ether oxygens (including phenoxy) is 1. The zero-order valence-corrected chi connectivity index (χ0v) is 10.8. The summed E-state index contributed by atoms with van der Waals surface area (Å²) in [4.78, 5) is 11.9. The molecule has 0 aliphatic rings. The standard InChI is InChI=1S/C13H9F3O3S/c14-13(15,16)8-3-4-11(10(6-8)12(17)18)19-7-9-2-1-5-20-9/h1-6H,7H2,(H,17,18). The number of carbonyl (C=O) groups is 1. The number of thiophene rings is 1. The maximum atomic E-state index is 12.5. The molecule has 0 aliphatic carbocycles. The number of hydrogen-bond acceptors (Lipinski definition) is 3. The van der Waals surface area contributed by atoms with E-state index in [-0.39, 0.29) is 12.4 Å². The molecule has 0 atom stereocenters. The van der Waals surface area contributed by atoms with Crippen LogP contribution in [0, 0.1) is 0 Å². The lowest BCUT2D eigenvalue weighted by atomic mass is 10.1. The summed E-state index contributed by atoms with van der Waals surface area (Å²) in [5.41, 5.74) is -1.52. The summed E-state index contributed by atoms with van der Waals surface area (Å²) < 4.78 is 42.9. The fourth-order valence-electron chi connectivity index (χ4n) is 1.54. The third-order valence-corrected chi connectivity index (χ3v) is 3.34. The van der Waals surface area contributed by atoms with Gasteiger partial charge >= 0.3 is 12.1 Å². The summed E-state index contributed by atoms with van der Waals surface area (Å²) in [5, 5.41) is 10.8. The molecule has 20 heavy (non-hydrogen) atoms. The minimum atomic E-state index is -4.59. The van der Waals surface area contributed by atoms with Crippen LogP contribution in [0.2, 0.25) is 0 Å². The third kappa shape index (κ3) is 3.30. The monoisotopic (exact) mass is 302 g/mol. The molecule has 0 spiro atoms. The van der Waals surface area contributed by atoms with E-state index in [1.165, 1.54) is 11.3 Å². The topological polar surface area (TPSA) is 46.5 Å². The number of halogens is 3. The van der Waals surface area contributed by atoms with Crippen LogP contribution in [0.15, 0.2) is 35.7 Å². The van der Waals surface area contributed by atoms with Gasteiger partial charge in [-0.2, -0.15) is 13.2 Å². The molecule has 0 amide bonds. The lowest BCUT2D eigenvalue weighted by Crippen LogP contribution is -2.09. The predicted molar refractivity (Wildman–Crippen MR) is 67.1 cm³/mol. The van der Waals surface area contributed by atoms with Gasteiger partial charge in [0.05, 0.1) is 5.56 Å². The Morgan fingerprint density at radius 3 is 2.60 bits per heavy atom. The molecule has 106 valence electrons. The van der Waals surface area contributed by atoms with Crippen LogP contribution in [0.25, 0.3) is 0 Å². The normalized spacial score (nSPS) is 11.3. The van der Waals surface area contributed by atoms with Crippen molar-refractivity contribution in [3.63, 3.8) is 0 Å². The molecule has 1 aromatic heterocycles. The summed E-state index contributed by atoms with van der Waals surface area (Å²) in [6.45, 7) is 0.114. The van der Waals surface area contributed by atoms with E-state index in [9.17, 15) is 18.0 Å². The van der Waals surface area contributed by atoms with Gasteiger partial charge in [-0.05, 0) is 29.6 Å². The second-order valence-electron chi connectivity index (χ2n) is 3.88. The molecule has 2 rings (SSSR count). The zero-order chi connectivity index (χ0) is 14.8. The third-order valence-electron chi connectivity index (χ3n) is 2.49. The van der Waals surface area contributed by atoms with Gasteiger partial charge in [-0.25, -0.2) is 4.79 Å². The van der Waals surface area contributed by atoms with Crippen LogP contribution in [-0.2, 0) is 12.8 Å². The molecule has 0 saturated carbocycles. The van der Waals surface area contributed by atoms with Gasteiger partial charge in [-0.15, -0.1) is 11.3 Å². The van der Waals surface area contributed by atoms with Crippen LogP contribution in [-0.4, -0.2) is 11.1 Å².